The third kappa shape index (κ3) is 3.75. The first-order valence-electron chi connectivity index (χ1n) is 5.96. The molecule has 2 aromatic carbocycles. The number of carboxylic acids is 1. The van der Waals surface area contributed by atoms with Crippen molar-refractivity contribution in [1.29, 1.82) is 0 Å². The van der Waals surface area contributed by atoms with E-state index in [-0.39, 0.29) is 11.3 Å². The van der Waals surface area contributed by atoms with Crippen LogP contribution in [-0.4, -0.2) is 17.4 Å². The van der Waals surface area contributed by atoms with Gasteiger partial charge in [0.2, 0.25) is 0 Å². The highest BCUT2D eigenvalue weighted by Gasteiger charge is 2.31. The number of hydrogen-bond acceptors (Lipinski definition) is 2. The second-order valence-electron chi connectivity index (χ2n) is 4.41. The lowest BCUT2D eigenvalue weighted by molar-refractivity contribution is -0.274. The van der Waals surface area contributed by atoms with Gasteiger partial charge in [0, 0.05) is 0 Å². The molecule has 0 fully saturated rings. The molecule has 21 heavy (non-hydrogen) atoms. The van der Waals surface area contributed by atoms with Gasteiger partial charge in [-0.2, -0.15) is 0 Å². The van der Waals surface area contributed by atoms with E-state index in [1.54, 1.807) is 19.1 Å². The summed E-state index contributed by atoms with van der Waals surface area (Å²) in [4.78, 5) is 10.9. The van der Waals surface area contributed by atoms with Crippen LogP contribution in [0.5, 0.6) is 5.75 Å². The lowest BCUT2D eigenvalue weighted by atomic mass is 9.98. The smallest absolute Gasteiger partial charge is 0.478 e. The van der Waals surface area contributed by atoms with Crippen molar-refractivity contribution in [3.05, 3.63) is 53.6 Å². The highest BCUT2D eigenvalue weighted by molar-refractivity contribution is 5.89. The summed E-state index contributed by atoms with van der Waals surface area (Å²) in [5.74, 6) is -1.37. The average Bonchev–Trinajstić information content (AvgIpc) is 2.36. The van der Waals surface area contributed by atoms with Gasteiger partial charge in [0.1, 0.15) is 5.75 Å². The molecule has 0 aromatic heterocycles. The van der Waals surface area contributed by atoms with Crippen molar-refractivity contribution in [1.82, 2.24) is 0 Å². The van der Waals surface area contributed by atoms with Gasteiger partial charge in [-0.3, -0.25) is 0 Å². The maximum atomic E-state index is 12.2. The van der Waals surface area contributed by atoms with Crippen molar-refractivity contribution in [2.45, 2.75) is 13.3 Å². The Bertz CT molecular complexity index is 678. The fraction of sp³-hybridized carbons (Fsp3) is 0.133. The van der Waals surface area contributed by atoms with Gasteiger partial charge >= 0.3 is 12.3 Å². The summed E-state index contributed by atoms with van der Waals surface area (Å²) >= 11 is 0. The molecule has 0 unspecified atom stereocenters. The Morgan fingerprint density at radius 2 is 1.86 bits per heavy atom. The molecule has 0 saturated heterocycles. The second-order valence-corrected chi connectivity index (χ2v) is 4.41. The average molecular weight is 296 g/mol. The molecule has 0 aliphatic carbocycles. The van der Waals surface area contributed by atoms with Gasteiger partial charge < -0.3 is 9.84 Å². The monoisotopic (exact) mass is 296 g/mol. The van der Waals surface area contributed by atoms with E-state index in [0.717, 1.165) is 0 Å². The summed E-state index contributed by atoms with van der Waals surface area (Å²) in [7, 11) is 0. The number of rotatable bonds is 3. The van der Waals surface area contributed by atoms with Gasteiger partial charge in [-0.05, 0) is 47.9 Å². The van der Waals surface area contributed by atoms with E-state index in [1.165, 1.54) is 30.3 Å². The topological polar surface area (TPSA) is 46.5 Å². The Hall–Kier alpha value is -2.50. The summed E-state index contributed by atoms with van der Waals surface area (Å²) < 4.78 is 40.5. The minimum atomic E-state index is -4.75. The van der Waals surface area contributed by atoms with Crippen molar-refractivity contribution in [2.75, 3.05) is 0 Å². The van der Waals surface area contributed by atoms with Crippen molar-refractivity contribution in [2.24, 2.45) is 0 Å². The van der Waals surface area contributed by atoms with Crippen molar-refractivity contribution < 1.29 is 27.8 Å². The summed E-state index contributed by atoms with van der Waals surface area (Å²) in [5, 5.41) is 8.90. The maximum absolute atomic E-state index is 12.2. The molecule has 0 atom stereocenters. The molecule has 6 heteroatoms. The molecule has 2 rings (SSSR count). The van der Waals surface area contributed by atoms with Crippen LogP contribution in [-0.2, 0) is 0 Å². The summed E-state index contributed by atoms with van der Waals surface area (Å²) in [6, 6.07) is 9.98. The zero-order chi connectivity index (χ0) is 15.6. The Morgan fingerprint density at radius 1 is 1.14 bits per heavy atom. The minimum absolute atomic E-state index is 0.124. The predicted molar refractivity (Wildman–Crippen MR) is 70.3 cm³/mol. The first-order valence-corrected chi connectivity index (χ1v) is 5.96. The largest absolute Gasteiger partial charge is 0.573 e. The number of benzene rings is 2. The van der Waals surface area contributed by atoms with Gasteiger partial charge in [0.05, 0.1) is 5.56 Å². The molecular weight excluding hydrogens is 285 g/mol. The van der Waals surface area contributed by atoms with E-state index in [1.807, 2.05) is 0 Å². The lowest BCUT2D eigenvalue weighted by Crippen LogP contribution is -2.17. The number of halogens is 3. The van der Waals surface area contributed by atoms with Crippen molar-refractivity contribution in [3.63, 3.8) is 0 Å². The number of aromatic carboxylic acids is 1. The van der Waals surface area contributed by atoms with Crippen LogP contribution in [0.1, 0.15) is 15.9 Å². The van der Waals surface area contributed by atoms with Gasteiger partial charge in [0.15, 0.2) is 0 Å². The van der Waals surface area contributed by atoms with Gasteiger partial charge in [-0.15, -0.1) is 13.2 Å². The van der Waals surface area contributed by atoms with E-state index in [2.05, 4.69) is 4.74 Å². The first kappa shape index (κ1) is 14.9. The van der Waals surface area contributed by atoms with E-state index in [9.17, 15) is 18.0 Å². The number of aryl methyl sites for hydroxylation is 1. The van der Waals surface area contributed by atoms with Gasteiger partial charge in [-0.25, -0.2) is 4.79 Å². The van der Waals surface area contributed by atoms with Crippen LogP contribution in [0.2, 0.25) is 0 Å². The summed E-state index contributed by atoms with van der Waals surface area (Å²) in [6.45, 7) is 1.69. The van der Waals surface area contributed by atoms with Crippen LogP contribution in [0, 0.1) is 6.92 Å². The van der Waals surface area contributed by atoms with Crippen LogP contribution < -0.4 is 4.74 Å². The third-order valence-electron chi connectivity index (χ3n) is 2.85. The number of alkyl halides is 3. The van der Waals surface area contributed by atoms with Crippen LogP contribution in [0.15, 0.2) is 42.5 Å². The normalized spacial score (nSPS) is 11.2. The molecule has 0 radical (unpaired) electrons. The summed E-state index contributed by atoms with van der Waals surface area (Å²) in [5.41, 5.74) is 1.94. The van der Waals surface area contributed by atoms with Crippen molar-refractivity contribution >= 4 is 5.97 Å². The molecule has 0 heterocycles. The molecule has 0 saturated carbocycles. The number of carbonyl (C=O) groups is 1. The van der Waals surface area contributed by atoms with Crippen LogP contribution in [0.3, 0.4) is 0 Å². The molecule has 1 N–H and O–H groups in total. The Labute approximate surface area is 118 Å². The summed E-state index contributed by atoms with van der Waals surface area (Å²) in [6.07, 6.45) is -4.75. The Morgan fingerprint density at radius 3 is 2.43 bits per heavy atom. The van der Waals surface area contributed by atoms with Crippen molar-refractivity contribution in [3.8, 4) is 16.9 Å². The van der Waals surface area contributed by atoms with Crippen LogP contribution >= 0.6 is 0 Å². The lowest BCUT2D eigenvalue weighted by Gasteiger charge is -2.11. The molecule has 0 amide bonds. The molecule has 0 spiro atoms. The minimum Gasteiger partial charge on any atom is -0.478 e. The fourth-order valence-corrected chi connectivity index (χ4v) is 1.98. The quantitative estimate of drug-likeness (QED) is 0.920. The highest BCUT2D eigenvalue weighted by Crippen LogP contribution is 2.30. The standard InChI is InChI=1S/C15H11F3O3/c1-9-7-11(14(19)20)5-6-13(9)10-3-2-4-12(8-10)21-15(16,17)18/h2-8H,1H3,(H,19,20). The zero-order valence-corrected chi connectivity index (χ0v) is 10.9. The molecule has 0 bridgehead atoms. The molecule has 2 aromatic rings. The van der Waals surface area contributed by atoms with E-state index in [4.69, 9.17) is 5.11 Å². The van der Waals surface area contributed by atoms with E-state index >= 15 is 0 Å². The van der Waals surface area contributed by atoms with E-state index in [0.29, 0.717) is 16.7 Å². The maximum Gasteiger partial charge on any atom is 0.573 e. The number of hydrogen-bond donors (Lipinski definition) is 1. The van der Waals surface area contributed by atoms with E-state index < -0.39 is 12.3 Å². The first-order chi connectivity index (χ1) is 9.76. The molecule has 0 aliphatic rings. The SMILES string of the molecule is Cc1cc(C(=O)O)ccc1-c1cccc(OC(F)(F)F)c1. The number of ether oxygens (including phenoxy) is 1. The Balaban J connectivity index is 2.38. The van der Waals surface area contributed by atoms with Gasteiger partial charge in [0.25, 0.3) is 0 Å². The highest BCUT2D eigenvalue weighted by atomic mass is 19.4. The zero-order valence-electron chi connectivity index (χ0n) is 10.9. The molecular formula is C15H11F3O3. The second kappa shape index (κ2) is 5.47. The molecule has 0 aliphatic heterocycles. The third-order valence-corrected chi connectivity index (χ3v) is 2.85. The van der Waals surface area contributed by atoms with Crippen LogP contribution in [0.4, 0.5) is 13.2 Å². The van der Waals surface area contributed by atoms with Crippen LogP contribution in [0.25, 0.3) is 11.1 Å². The van der Waals surface area contributed by atoms with Gasteiger partial charge in [-0.1, -0.05) is 18.2 Å². The Kier molecular flexibility index (Phi) is 3.88. The molecule has 3 nitrogen and oxygen atoms in total. The predicted octanol–water partition coefficient (Wildman–Crippen LogP) is 4.26. The number of carboxylic acid groups (broad SMARTS) is 1. The fourth-order valence-electron chi connectivity index (χ4n) is 1.98. The molecule has 110 valence electrons.